The Morgan fingerprint density at radius 2 is 2.05 bits per heavy atom. The van der Waals surface area contributed by atoms with E-state index < -0.39 is 17.6 Å². The van der Waals surface area contributed by atoms with E-state index in [1.165, 1.54) is 6.07 Å². The monoisotopic (exact) mass is 603 g/mol. The van der Waals surface area contributed by atoms with Crippen LogP contribution >= 0.6 is 11.6 Å². The van der Waals surface area contributed by atoms with Crippen LogP contribution in [0, 0.1) is 5.82 Å². The van der Waals surface area contributed by atoms with Crippen LogP contribution in [0.25, 0.3) is 16.6 Å². The third kappa shape index (κ3) is 4.95. The largest absolute Gasteiger partial charge is 0.478 e. The first-order chi connectivity index (χ1) is 20.7. The number of carbonyl (C=O) groups is 1. The van der Waals surface area contributed by atoms with E-state index in [9.17, 15) is 14.3 Å². The molecule has 7 rings (SSSR count). The molecule has 10 heteroatoms. The van der Waals surface area contributed by atoms with Gasteiger partial charge >= 0.3 is 5.97 Å². The van der Waals surface area contributed by atoms with E-state index in [4.69, 9.17) is 30.8 Å². The molecule has 4 aromatic rings. The first-order valence-corrected chi connectivity index (χ1v) is 14.8. The molecule has 1 fully saturated rings. The van der Waals surface area contributed by atoms with E-state index in [-0.39, 0.29) is 23.3 Å². The number of hydrogen-bond donors (Lipinski definition) is 1. The summed E-state index contributed by atoms with van der Waals surface area (Å²) in [7, 11) is 0. The number of halogens is 2. The highest BCUT2D eigenvalue weighted by Crippen LogP contribution is 2.49. The number of imidazole rings is 1. The molecule has 0 radical (unpaired) electrons. The molecule has 3 aliphatic heterocycles. The Balaban J connectivity index is 1.15. The van der Waals surface area contributed by atoms with E-state index in [0.717, 1.165) is 54.0 Å². The highest BCUT2D eigenvalue weighted by molar-refractivity contribution is 6.30. The Labute approximate surface area is 253 Å². The number of aromatic nitrogens is 2. The fourth-order valence-electron chi connectivity index (χ4n) is 6.21. The molecule has 4 heterocycles. The molecule has 8 nitrogen and oxygen atoms in total. The molecule has 3 aromatic carbocycles. The minimum atomic E-state index is -1.31. The minimum absolute atomic E-state index is 0.0178. The Hall–Kier alpha value is -3.92. The van der Waals surface area contributed by atoms with Gasteiger partial charge < -0.3 is 23.9 Å². The molecule has 0 spiro atoms. The molecule has 43 heavy (non-hydrogen) atoms. The van der Waals surface area contributed by atoms with Crippen LogP contribution in [-0.4, -0.2) is 51.3 Å². The van der Waals surface area contributed by atoms with E-state index >= 15 is 0 Å². The maximum absolute atomic E-state index is 14.8. The lowest BCUT2D eigenvalue weighted by molar-refractivity contribution is -0.0708. The van der Waals surface area contributed by atoms with Gasteiger partial charge in [-0.05, 0) is 67.8 Å². The van der Waals surface area contributed by atoms with Crippen LogP contribution in [0.3, 0.4) is 0 Å². The summed E-state index contributed by atoms with van der Waals surface area (Å²) in [5.41, 5.74) is 4.16. The van der Waals surface area contributed by atoms with Crippen LogP contribution < -0.4 is 9.47 Å². The molecule has 0 unspecified atom stereocenters. The lowest BCUT2D eigenvalue weighted by Gasteiger charge is -2.33. The summed E-state index contributed by atoms with van der Waals surface area (Å²) in [6.07, 6.45) is 4.03. The second-order valence-electron chi connectivity index (χ2n) is 11.4. The maximum atomic E-state index is 14.8. The normalized spacial score (nSPS) is 22.3. The molecule has 3 atom stereocenters. The van der Waals surface area contributed by atoms with Crippen LogP contribution in [0.4, 0.5) is 4.39 Å². The van der Waals surface area contributed by atoms with Crippen LogP contribution in [0.15, 0.2) is 60.7 Å². The van der Waals surface area contributed by atoms with E-state index in [2.05, 4.69) is 22.5 Å². The van der Waals surface area contributed by atoms with Gasteiger partial charge in [0.1, 0.15) is 11.6 Å². The number of para-hydroxylation sites is 1. The predicted molar refractivity (Wildman–Crippen MR) is 160 cm³/mol. The number of carboxylic acid groups (broad SMARTS) is 1. The summed E-state index contributed by atoms with van der Waals surface area (Å²) in [5, 5.41) is 9.88. The topological polar surface area (TPSA) is 86.0 Å². The second-order valence-corrected chi connectivity index (χ2v) is 11.9. The van der Waals surface area contributed by atoms with Crippen molar-refractivity contribution < 1.29 is 28.5 Å². The SMILES string of the molecule is C[C@@H](c1nc2ccc(C(=O)O)cc2n1C[C@@H]1CCO1)N1CC=C(c2cccc3c2O[C@@](C)(c2ccc(Cl)cc2F)O3)CC1. The van der Waals surface area contributed by atoms with Gasteiger partial charge in [0.2, 0.25) is 0 Å². The highest BCUT2D eigenvalue weighted by atomic mass is 35.5. The average molecular weight is 604 g/mol. The van der Waals surface area contributed by atoms with Gasteiger partial charge in [0.25, 0.3) is 5.79 Å². The van der Waals surface area contributed by atoms with E-state index in [0.29, 0.717) is 29.6 Å². The van der Waals surface area contributed by atoms with Gasteiger partial charge in [-0.1, -0.05) is 29.8 Å². The summed E-state index contributed by atoms with van der Waals surface area (Å²) >= 11 is 5.97. The van der Waals surface area contributed by atoms with Crippen molar-refractivity contribution in [3.8, 4) is 11.5 Å². The number of carboxylic acids is 1. The third-order valence-electron chi connectivity index (χ3n) is 8.71. The summed E-state index contributed by atoms with van der Waals surface area (Å²) in [6, 6.07) is 15.3. The van der Waals surface area contributed by atoms with Gasteiger partial charge in [0, 0.05) is 37.2 Å². The van der Waals surface area contributed by atoms with Crippen molar-refractivity contribution in [3.63, 3.8) is 0 Å². The molecule has 0 amide bonds. The molecule has 1 aromatic heterocycles. The standard InChI is InChI=1S/C33H31ClFN3O5/c1-19(31-36-27-9-6-21(32(39)40)16-28(27)38(31)18-23-12-15-41-23)37-13-10-20(11-14-37)24-4-3-5-29-30(24)43-33(2,42-29)25-8-7-22(34)17-26(25)35/h3-10,16-17,19,23H,11-15,18H2,1-2H3,(H,39,40)/t19-,23-,33-/m0/s1. The Morgan fingerprint density at radius 3 is 2.74 bits per heavy atom. The molecular weight excluding hydrogens is 573 g/mol. The van der Waals surface area contributed by atoms with Gasteiger partial charge in [0.05, 0.1) is 40.9 Å². The third-order valence-corrected chi connectivity index (χ3v) is 8.95. The maximum Gasteiger partial charge on any atom is 0.335 e. The van der Waals surface area contributed by atoms with Gasteiger partial charge in [-0.3, -0.25) is 4.90 Å². The molecule has 3 aliphatic rings. The molecular formula is C33H31ClFN3O5. The molecule has 1 saturated heterocycles. The quantitative estimate of drug-likeness (QED) is 0.248. The highest BCUT2D eigenvalue weighted by Gasteiger charge is 2.42. The van der Waals surface area contributed by atoms with Gasteiger partial charge in [-0.15, -0.1) is 0 Å². The van der Waals surface area contributed by atoms with Crippen LogP contribution in [0.2, 0.25) is 5.02 Å². The van der Waals surface area contributed by atoms with Crippen molar-refractivity contribution in [2.24, 2.45) is 0 Å². The van der Waals surface area contributed by atoms with Crippen LogP contribution in [-0.2, 0) is 17.1 Å². The van der Waals surface area contributed by atoms with Crippen molar-refractivity contribution in [3.05, 3.63) is 94.0 Å². The second kappa shape index (κ2) is 10.7. The van der Waals surface area contributed by atoms with Gasteiger partial charge in [0.15, 0.2) is 11.5 Å². The van der Waals surface area contributed by atoms with E-state index in [1.54, 1.807) is 37.3 Å². The van der Waals surface area contributed by atoms with Crippen LogP contribution in [0.1, 0.15) is 60.0 Å². The first-order valence-electron chi connectivity index (χ1n) is 14.5. The number of aromatic carboxylic acids is 1. The number of benzene rings is 3. The number of fused-ring (bicyclic) bond motifs is 2. The fourth-order valence-corrected chi connectivity index (χ4v) is 6.37. The summed E-state index contributed by atoms with van der Waals surface area (Å²) in [6.45, 7) is 6.70. The van der Waals surface area contributed by atoms with Crippen molar-refractivity contribution in [1.82, 2.24) is 14.5 Å². The fraction of sp³-hybridized carbons (Fsp3) is 0.333. The Kier molecular flexibility index (Phi) is 6.91. The Morgan fingerprint density at radius 1 is 1.21 bits per heavy atom. The zero-order valence-electron chi connectivity index (χ0n) is 23.8. The average Bonchev–Trinajstić information content (AvgIpc) is 3.51. The lowest BCUT2D eigenvalue weighted by atomic mass is 9.97. The zero-order valence-corrected chi connectivity index (χ0v) is 24.6. The van der Waals surface area contributed by atoms with Gasteiger partial charge in [-0.2, -0.15) is 0 Å². The van der Waals surface area contributed by atoms with E-state index in [1.807, 2.05) is 18.2 Å². The smallest absolute Gasteiger partial charge is 0.335 e. The summed E-state index contributed by atoms with van der Waals surface area (Å²) in [5.74, 6) is -0.699. The van der Waals surface area contributed by atoms with Gasteiger partial charge in [-0.25, -0.2) is 14.2 Å². The summed E-state index contributed by atoms with van der Waals surface area (Å²) in [4.78, 5) is 19.0. The van der Waals surface area contributed by atoms with Crippen molar-refractivity contribution in [2.75, 3.05) is 19.7 Å². The molecule has 222 valence electrons. The van der Waals surface area contributed by atoms with Crippen molar-refractivity contribution >= 4 is 34.2 Å². The first kappa shape index (κ1) is 27.9. The van der Waals surface area contributed by atoms with Crippen LogP contribution in [0.5, 0.6) is 11.5 Å². The lowest BCUT2D eigenvalue weighted by Crippen LogP contribution is -2.35. The number of nitrogens with zero attached hydrogens (tertiary/aromatic N) is 3. The van der Waals surface area contributed by atoms with Crippen molar-refractivity contribution in [1.29, 1.82) is 0 Å². The van der Waals surface area contributed by atoms with Crippen molar-refractivity contribution in [2.45, 2.75) is 51.2 Å². The zero-order chi connectivity index (χ0) is 29.9. The number of hydrogen-bond acceptors (Lipinski definition) is 6. The summed E-state index contributed by atoms with van der Waals surface area (Å²) < 4.78 is 35.2. The molecule has 0 bridgehead atoms. The number of ether oxygens (including phenoxy) is 3. The number of rotatable bonds is 7. The predicted octanol–water partition coefficient (Wildman–Crippen LogP) is 6.81. The Bertz CT molecular complexity index is 1780. The molecule has 0 saturated carbocycles. The minimum Gasteiger partial charge on any atom is -0.478 e. The molecule has 1 N–H and O–H groups in total. The molecule has 0 aliphatic carbocycles.